The fourth-order valence-corrected chi connectivity index (χ4v) is 2.70. The standard InChI is InChI=1S/C18H18N6O2/c1-12-9-15(12)16-8-7-14(26-16)10-19-20-17(25)11-24-22-18(21-23-24)13-5-3-2-4-6-13/h2-8,10,12,15H,9,11H2,1H3,(H,20,25)/b19-10-/t12-,15-/m0/s1. The molecule has 2 heterocycles. The highest BCUT2D eigenvalue weighted by molar-refractivity contribution is 5.80. The van der Waals surface area contributed by atoms with Gasteiger partial charge in [0.2, 0.25) is 5.82 Å². The maximum absolute atomic E-state index is 11.9. The van der Waals surface area contributed by atoms with Crippen LogP contribution in [0.1, 0.15) is 30.8 Å². The molecular formula is C18H18N6O2. The summed E-state index contributed by atoms with van der Waals surface area (Å²) in [6.07, 6.45) is 2.65. The second-order valence-corrected chi connectivity index (χ2v) is 6.36. The van der Waals surface area contributed by atoms with Crippen LogP contribution in [0.2, 0.25) is 0 Å². The molecule has 1 aliphatic carbocycles. The van der Waals surface area contributed by atoms with E-state index in [0.717, 1.165) is 17.7 Å². The Morgan fingerprint density at radius 3 is 2.92 bits per heavy atom. The Bertz CT molecular complexity index is 930. The molecule has 2 atom stereocenters. The Morgan fingerprint density at radius 2 is 2.15 bits per heavy atom. The van der Waals surface area contributed by atoms with Crippen molar-refractivity contribution in [2.24, 2.45) is 11.0 Å². The van der Waals surface area contributed by atoms with Crippen molar-refractivity contribution in [1.82, 2.24) is 25.6 Å². The van der Waals surface area contributed by atoms with Gasteiger partial charge < -0.3 is 4.42 Å². The van der Waals surface area contributed by atoms with Crippen molar-refractivity contribution in [3.63, 3.8) is 0 Å². The average Bonchev–Trinajstić information content (AvgIpc) is 3.03. The summed E-state index contributed by atoms with van der Waals surface area (Å²) < 4.78 is 5.69. The first-order valence-electron chi connectivity index (χ1n) is 8.44. The molecule has 4 rings (SSSR count). The number of nitrogens with one attached hydrogen (secondary N) is 1. The van der Waals surface area contributed by atoms with Gasteiger partial charge in [0.15, 0.2) is 0 Å². The van der Waals surface area contributed by atoms with E-state index in [9.17, 15) is 4.79 Å². The number of hydrogen-bond acceptors (Lipinski definition) is 6. The molecule has 2 aromatic heterocycles. The summed E-state index contributed by atoms with van der Waals surface area (Å²) in [5, 5.41) is 15.9. The molecule has 1 saturated carbocycles. The minimum Gasteiger partial charge on any atom is -0.460 e. The fraction of sp³-hybridized carbons (Fsp3) is 0.278. The number of carbonyl (C=O) groups excluding carboxylic acids is 1. The van der Waals surface area contributed by atoms with Gasteiger partial charge in [-0.2, -0.15) is 9.90 Å². The number of hydrogen-bond donors (Lipinski definition) is 1. The lowest BCUT2D eigenvalue weighted by Gasteiger charge is -1.97. The second-order valence-electron chi connectivity index (χ2n) is 6.36. The van der Waals surface area contributed by atoms with E-state index in [4.69, 9.17) is 4.42 Å². The van der Waals surface area contributed by atoms with E-state index in [1.807, 2.05) is 42.5 Å². The molecule has 1 N–H and O–H groups in total. The SMILES string of the molecule is C[C@H]1C[C@@H]1c1ccc(/C=N\NC(=O)Cn2nnc(-c3ccccc3)n2)o1. The van der Waals surface area contributed by atoms with Gasteiger partial charge in [-0.05, 0) is 29.7 Å². The third-order valence-corrected chi connectivity index (χ3v) is 4.27. The van der Waals surface area contributed by atoms with E-state index in [-0.39, 0.29) is 12.5 Å². The molecule has 1 amide bonds. The number of benzene rings is 1. The topological polar surface area (TPSA) is 98.2 Å². The van der Waals surface area contributed by atoms with Crippen molar-refractivity contribution < 1.29 is 9.21 Å². The van der Waals surface area contributed by atoms with Crippen LogP contribution in [0, 0.1) is 5.92 Å². The highest BCUT2D eigenvalue weighted by Crippen LogP contribution is 2.47. The minimum absolute atomic E-state index is 0.0693. The van der Waals surface area contributed by atoms with Crippen LogP contribution in [0.5, 0.6) is 0 Å². The molecule has 8 heteroatoms. The van der Waals surface area contributed by atoms with E-state index in [1.54, 1.807) is 0 Å². The summed E-state index contributed by atoms with van der Waals surface area (Å²) in [5.41, 5.74) is 3.28. The molecule has 26 heavy (non-hydrogen) atoms. The molecule has 0 spiro atoms. The summed E-state index contributed by atoms with van der Waals surface area (Å²) in [6.45, 7) is 2.13. The van der Waals surface area contributed by atoms with Crippen molar-refractivity contribution in [3.8, 4) is 11.4 Å². The number of rotatable bonds is 6. The van der Waals surface area contributed by atoms with E-state index < -0.39 is 0 Å². The van der Waals surface area contributed by atoms with Crippen molar-refractivity contribution in [3.05, 3.63) is 54.0 Å². The van der Waals surface area contributed by atoms with E-state index in [1.165, 1.54) is 11.0 Å². The highest BCUT2D eigenvalue weighted by Gasteiger charge is 2.36. The van der Waals surface area contributed by atoms with Crippen LogP contribution in [0.25, 0.3) is 11.4 Å². The number of tetrazole rings is 1. The van der Waals surface area contributed by atoms with Crippen molar-refractivity contribution >= 4 is 12.1 Å². The average molecular weight is 350 g/mol. The molecule has 1 aliphatic rings. The highest BCUT2D eigenvalue weighted by atomic mass is 16.3. The predicted octanol–water partition coefficient (Wildman–Crippen LogP) is 2.21. The van der Waals surface area contributed by atoms with Gasteiger partial charge in [0.1, 0.15) is 18.1 Å². The third-order valence-electron chi connectivity index (χ3n) is 4.27. The van der Waals surface area contributed by atoms with Gasteiger partial charge in [-0.3, -0.25) is 4.79 Å². The lowest BCUT2D eigenvalue weighted by atomic mass is 10.2. The van der Waals surface area contributed by atoms with Gasteiger partial charge in [-0.1, -0.05) is 37.3 Å². The lowest BCUT2D eigenvalue weighted by Crippen LogP contribution is -2.24. The van der Waals surface area contributed by atoms with Crippen LogP contribution in [-0.4, -0.2) is 32.3 Å². The van der Waals surface area contributed by atoms with Crippen molar-refractivity contribution in [2.45, 2.75) is 25.8 Å². The number of aromatic nitrogens is 4. The molecule has 0 bridgehead atoms. The molecule has 3 aromatic rings. The number of nitrogens with zero attached hydrogens (tertiary/aromatic N) is 5. The summed E-state index contributed by atoms with van der Waals surface area (Å²) in [7, 11) is 0. The molecule has 1 fully saturated rings. The summed E-state index contributed by atoms with van der Waals surface area (Å²) in [4.78, 5) is 13.2. The first kappa shape index (κ1) is 16.2. The summed E-state index contributed by atoms with van der Waals surface area (Å²) in [5.74, 6) is 2.92. The number of amides is 1. The van der Waals surface area contributed by atoms with Gasteiger partial charge in [0.25, 0.3) is 5.91 Å². The van der Waals surface area contributed by atoms with Gasteiger partial charge in [0.05, 0.1) is 6.21 Å². The third kappa shape index (κ3) is 3.69. The molecule has 0 saturated heterocycles. The maximum Gasteiger partial charge on any atom is 0.263 e. The van der Waals surface area contributed by atoms with Crippen LogP contribution < -0.4 is 5.43 Å². The summed E-state index contributed by atoms with van der Waals surface area (Å²) in [6, 6.07) is 13.3. The molecule has 0 unspecified atom stereocenters. The van der Waals surface area contributed by atoms with Crippen molar-refractivity contribution in [2.75, 3.05) is 0 Å². The number of furan rings is 1. The van der Waals surface area contributed by atoms with Crippen LogP contribution in [0.3, 0.4) is 0 Å². The van der Waals surface area contributed by atoms with Gasteiger partial charge in [0, 0.05) is 11.5 Å². The van der Waals surface area contributed by atoms with Crippen molar-refractivity contribution in [1.29, 1.82) is 0 Å². The quantitative estimate of drug-likeness (QED) is 0.543. The molecular weight excluding hydrogens is 332 g/mol. The maximum atomic E-state index is 11.9. The van der Waals surface area contributed by atoms with Gasteiger partial charge in [-0.25, -0.2) is 5.43 Å². The first-order chi connectivity index (χ1) is 12.7. The molecule has 1 aromatic carbocycles. The zero-order chi connectivity index (χ0) is 17.9. The Balaban J connectivity index is 1.30. The monoisotopic (exact) mass is 350 g/mol. The smallest absolute Gasteiger partial charge is 0.263 e. The van der Waals surface area contributed by atoms with E-state index in [0.29, 0.717) is 23.4 Å². The molecule has 8 nitrogen and oxygen atoms in total. The minimum atomic E-state index is -0.346. The zero-order valence-electron chi connectivity index (χ0n) is 14.2. The lowest BCUT2D eigenvalue weighted by molar-refractivity contribution is -0.122. The molecule has 0 radical (unpaired) electrons. The van der Waals surface area contributed by atoms with Crippen LogP contribution in [0.15, 0.2) is 52.0 Å². The first-order valence-corrected chi connectivity index (χ1v) is 8.44. The Hall–Kier alpha value is -3.29. The van der Waals surface area contributed by atoms with Gasteiger partial charge >= 0.3 is 0 Å². The molecule has 0 aliphatic heterocycles. The van der Waals surface area contributed by atoms with Crippen LogP contribution in [-0.2, 0) is 11.3 Å². The number of carbonyl (C=O) groups is 1. The molecule has 132 valence electrons. The zero-order valence-corrected chi connectivity index (χ0v) is 14.2. The Morgan fingerprint density at radius 1 is 1.35 bits per heavy atom. The Kier molecular flexibility index (Phi) is 4.30. The number of hydrazone groups is 1. The van der Waals surface area contributed by atoms with Crippen LogP contribution >= 0.6 is 0 Å². The largest absolute Gasteiger partial charge is 0.460 e. The summed E-state index contributed by atoms with van der Waals surface area (Å²) >= 11 is 0. The normalized spacial score (nSPS) is 19.0. The second kappa shape index (κ2) is 6.91. The van der Waals surface area contributed by atoms with E-state index in [2.05, 4.69) is 32.9 Å². The Labute approximate surface area is 149 Å². The van der Waals surface area contributed by atoms with Crippen LogP contribution in [0.4, 0.5) is 0 Å². The fourth-order valence-electron chi connectivity index (χ4n) is 2.70. The predicted molar refractivity (Wildman–Crippen MR) is 94.2 cm³/mol. The van der Waals surface area contributed by atoms with Gasteiger partial charge in [-0.15, -0.1) is 10.2 Å². The van der Waals surface area contributed by atoms with E-state index >= 15 is 0 Å².